The molecule has 17 heavy (non-hydrogen) atoms. The van der Waals surface area contributed by atoms with Gasteiger partial charge < -0.3 is 9.84 Å². The van der Waals surface area contributed by atoms with Crippen LogP contribution in [0.4, 0.5) is 0 Å². The van der Waals surface area contributed by atoms with Crippen LogP contribution in [0.2, 0.25) is 0 Å². The quantitative estimate of drug-likeness (QED) is 0.462. The summed E-state index contributed by atoms with van der Waals surface area (Å²) in [5.74, 6) is 0.374. The van der Waals surface area contributed by atoms with Gasteiger partial charge in [0.15, 0.2) is 0 Å². The van der Waals surface area contributed by atoms with E-state index < -0.39 is 12.1 Å². The summed E-state index contributed by atoms with van der Waals surface area (Å²) in [4.78, 5) is 11.7. The van der Waals surface area contributed by atoms with E-state index in [0.717, 1.165) is 0 Å². The zero-order chi connectivity index (χ0) is 12.8. The summed E-state index contributed by atoms with van der Waals surface area (Å²) in [5, 5.41) is 9.54. The molecule has 0 bridgehead atoms. The van der Waals surface area contributed by atoms with Gasteiger partial charge in [0, 0.05) is 6.42 Å². The van der Waals surface area contributed by atoms with Crippen molar-refractivity contribution in [2.45, 2.75) is 25.9 Å². The second kappa shape index (κ2) is 6.21. The van der Waals surface area contributed by atoms with Crippen LogP contribution in [0, 0.1) is 5.92 Å². The van der Waals surface area contributed by atoms with Crippen LogP contribution in [0.3, 0.4) is 0 Å². The minimum atomic E-state index is -0.530. The molecule has 1 aliphatic rings. The van der Waals surface area contributed by atoms with E-state index in [2.05, 4.69) is 13.2 Å². The number of aliphatic hydroxyl groups excluding tert-OH is 1. The summed E-state index contributed by atoms with van der Waals surface area (Å²) in [6.45, 7) is 9.07. The molecule has 0 spiro atoms. The number of carbonyl (C=O) groups excluding carboxylic acids is 1. The van der Waals surface area contributed by atoms with E-state index in [1.807, 2.05) is 6.92 Å². The molecule has 0 radical (unpaired) electrons. The predicted octanol–water partition coefficient (Wildman–Crippen LogP) is 2.50. The maximum absolute atomic E-state index is 11.7. The monoisotopic (exact) mass is 234 g/mol. The van der Waals surface area contributed by atoms with E-state index in [0.29, 0.717) is 30.1 Å². The fourth-order valence-corrected chi connectivity index (χ4v) is 1.79. The van der Waals surface area contributed by atoms with E-state index >= 15 is 0 Å². The Morgan fingerprint density at radius 3 is 2.82 bits per heavy atom. The van der Waals surface area contributed by atoms with Crippen molar-refractivity contribution in [3.63, 3.8) is 0 Å². The summed E-state index contributed by atoms with van der Waals surface area (Å²) >= 11 is 0. The predicted molar refractivity (Wildman–Crippen MR) is 67.1 cm³/mol. The number of allylic oxidation sites excluding steroid dienone is 3. The fourth-order valence-electron chi connectivity index (χ4n) is 1.79. The van der Waals surface area contributed by atoms with Crippen LogP contribution in [-0.4, -0.2) is 17.2 Å². The second-order valence-electron chi connectivity index (χ2n) is 4.20. The number of hydrogen-bond donors (Lipinski definition) is 1. The summed E-state index contributed by atoms with van der Waals surface area (Å²) in [5.41, 5.74) is 0.355. The SMILES string of the molecule is C=C/C=C(\C=C)C(=O)OC1=CC(O)CC(C)C1. The summed E-state index contributed by atoms with van der Waals surface area (Å²) in [6.07, 6.45) is 6.90. The van der Waals surface area contributed by atoms with E-state index in [1.165, 1.54) is 12.2 Å². The third-order valence-electron chi connectivity index (χ3n) is 2.55. The van der Waals surface area contributed by atoms with E-state index in [4.69, 9.17) is 4.74 Å². The first-order chi connectivity index (χ1) is 8.06. The zero-order valence-electron chi connectivity index (χ0n) is 10.1. The molecule has 0 heterocycles. The molecule has 0 saturated carbocycles. The highest BCUT2D eigenvalue weighted by molar-refractivity contribution is 5.92. The van der Waals surface area contributed by atoms with Crippen molar-refractivity contribution < 1.29 is 14.6 Å². The van der Waals surface area contributed by atoms with Gasteiger partial charge in [0.05, 0.1) is 11.7 Å². The maximum Gasteiger partial charge on any atom is 0.343 e. The molecule has 0 aliphatic heterocycles. The number of rotatable bonds is 4. The highest BCUT2D eigenvalue weighted by Crippen LogP contribution is 2.25. The molecule has 1 rings (SSSR count). The van der Waals surface area contributed by atoms with Crippen molar-refractivity contribution in [1.82, 2.24) is 0 Å². The zero-order valence-corrected chi connectivity index (χ0v) is 10.1. The van der Waals surface area contributed by atoms with Crippen LogP contribution >= 0.6 is 0 Å². The average molecular weight is 234 g/mol. The van der Waals surface area contributed by atoms with E-state index in [9.17, 15) is 9.90 Å². The lowest BCUT2D eigenvalue weighted by molar-refractivity contribution is -0.135. The molecule has 3 nitrogen and oxygen atoms in total. The maximum atomic E-state index is 11.7. The van der Waals surface area contributed by atoms with Crippen LogP contribution in [0.25, 0.3) is 0 Å². The number of ether oxygens (including phenoxy) is 1. The lowest BCUT2D eigenvalue weighted by Gasteiger charge is -2.22. The van der Waals surface area contributed by atoms with Gasteiger partial charge in [-0.2, -0.15) is 0 Å². The summed E-state index contributed by atoms with van der Waals surface area (Å²) in [7, 11) is 0. The molecule has 1 N–H and O–H groups in total. The lowest BCUT2D eigenvalue weighted by atomic mass is 9.93. The van der Waals surface area contributed by atoms with Gasteiger partial charge in [-0.3, -0.25) is 0 Å². The Labute approximate surface area is 102 Å². The Balaban J connectivity index is 2.71. The molecule has 0 aromatic carbocycles. The van der Waals surface area contributed by atoms with Gasteiger partial charge >= 0.3 is 5.97 Å². The molecule has 2 unspecified atom stereocenters. The number of carbonyl (C=O) groups is 1. The van der Waals surface area contributed by atoms with Crippen LogP contribution < -0.4 is 0 Å². The normalized spacial score (nSPS) is 24.8. The molecule has 1 aliphatic carbocycles. The van der Waals surface area contributed by atoms with Crippen molar-refractivity contribution in [3.05, 3.63) is 48.8 Å². The Morgan fingerprint density at radius 2 is 2.29 bits per heavy atom. The van der Waals surface area contributed by atoms with Crippen molar-refractivity contribution in [2.24, 2.45) is 5.92 Å². The minimum Gasteiger partial charge on any atom is -0.428 e. The fraction of sp³-hybridized carbons (Fsp3) is 0.357. The van der Waals surface area contributed by atoms with Crippen molar-refractivity contribution in [3.8, 4) is 0 Å². The topological polar surface area (TPSA) is 46.5 Å². The number of esters is 1. The third kappa shape index (κ3) is 4.04. The molecule has 2 atom stereocenters. The molecular formula is C14H18O3. The summed E-state index contributed by atoms with van der Waals surface area (Å²) < 4.78 is 5.21. The highest BCUT2D eigenvalue weighted by atomic mass is 16.5. The van der Waals surface area contributed by atoms with Crippen molar-refractivity contribution in [2.75, 3.05) is 0 Å². The lowest BCUT2D eigenvalue weighted by Crippen LogP contribution is -2.19. The highest BCUT2D eigenvalue weighted by Gasteiger charge is 2.20. The van der Waals surface area contributed by atoms with Gasteiger partial charge in [0.25, 0.3) is 0 Å². The molecule has 0 saturated heterocycles. The first kappa shape index (κ1) is 13.5. The first-order valence-corrected chi connectivity index (χ1v) is 5.63. The minimum absolute atomic E-state index is 0.313. The molecule has 0 fully saturated rings. The average Bonchev–Trinajstić information content (AvgIpc) is 2.24. The largest absolute Gasteiger partial charge is 0.428 e. The van der Waals surface area contributed by atoms with Gasteiger partial charge in [0.1, 0.15) is 5.76 Å². The van der Waals surface area contributed by atoms with Crippen LogP contribution in [-0.2, 0) is 9.53 Å². The van der Waals surface area contributed by atoms with Gasteiger partial charge in [-0.05, 0) is 24.5 Å². The molecule has 0 aromatic heterocycles. The van der Waals surface area contributed by atoms with Crippen molar-refractivity contribution in [1.29, 1.82) is 0 Å². The molecule has 3 heteroatoms. The summed E-state index contributed by atoms with van der Waals surface area (Å²) in [6, 6.07) is 0. The smallest absolute Gasteiger partial charge is 0.343 e. The molecule has 92 valence electrons. The van der Waals surface area contributed by atoms with Gasteiger partial charge in [0.2, 0.25) is 0 Å². The standard InChI is InChI=1S/C14H18O3/c1-4-6-11(5-2)14(16)17-13-8-10(3)7-12(15)9-13/h4-6,9-10,12,15H,1-2,7-8H2,3H3/b11-6+. The van der Waals surface area contributed by atoms with Gasteiger partial charge in [-0.25, -0.2) is 4.79 Å². The van der Waals surface area contributed by atoms with Gasteiger partial charge in [-0.1, -0.05) is 32.2 Å². The van der Waals surface area contributed by atoms with Crippen molar-refractivity contribution >= 4 is 5.97 Å². The third-order valence-corrected chi connectivity index (χ3v) is 2.55. The Bertz CT molecular complexity index is 377. The molecular weight excluding hydrogens is 216 g/mol. The Hall–Kier alpha value is -1.61. The Morgan fingerprint density at radius 1 is 1.59 bits per heavy atom. The van der Waals surface area contributed by atoms with Crippen LogP contribution in [0.5, 0.6) is 0 Å². The number of aliphatic hydroxyl groups is 1. The van der Waals surface area contributed by atoms with E-state index in [-0.39, 0.29) is 0 Å². The van der Waals surface area contributed by atoms with Crippen LogP contribution in [0.1, 0.15) is 19.8 Å². The first-order valence-electron chi connectivity index (χ1n) is 5.63. The molecule has 0 aromatic rings. The Kier molecular flexibility index (Phi) is 4.91. The number of hydrogen-bond acceptors (Lipinski definition) is 3. The molecule has 0 amide bonds. The second-order valence-corrected chi connectivity index (χ2v) is 4.20. The van der Waals surface area contributed by atoms with E-state index in [1.54, 1.807) is 12.2 Å². The van der Waals surface area contributed by atoms with Crippen LogP contribution in [0.15, 0.2) is 48.8 Å². The van der Waals surface area contributed by atoms with Gasteiger partial charge in [-0.15, -0.1) is 0 Å².